The molecule has 0 aromatic heterocycles. The number of thioether (sulfide) groups is 1. The van der Waals surface area contributed by atoms with Gasteiger partial charge in [-0.05, 0) is 38.5 Å². The van der Waals surface area contributed by atoms with Crippen molar-refractivity contribution in [3.63, 3.8) is 0 Å². The normalized spacial score (nSPS) is 14.2. The average Bonchev–Trinajstić information content (AvgIpc) is 3.25. The zero-order valence-electron chi connectivity index (χ0n) is 39.8. The highest BCUT2D eigenvalue weighted by molar-refractivity contribution is 8.00. The summed E-state index contributed by atoms with van der Waals surface area (Å²) in [5, 5.41) is 19.4. The third-order valence-corrected chi connectivity index (χ3v) is 12.7. The average molecular weight is 944 g/mol. The Morgan fingerprint density at radius 1 is 0.641 bits per heavy atom. The Balaban J connectivity index is 4.60. The van der Waals surface area contributed by atoms with Crippen LogP contribution in [0, 0.1) is 0 Å². The van der Waals surface area contributed by atoms with E-state index in [0.29, 0.717) is 6.42 Å². The van der Waals surface area contributed by atoms with E-state index in [1.807, 2.05) is 24.3 Å². The third-order valence-electron chi connectivity index (χ3n) is 10.9. The summed E-state index contributed by atoms with van der Waals surface area (Å²) in [7, 11) is -4.92. The van der Waals surface area contributed by atoms with Gasteiger partial charge in [0.2, 0.25) is 0 Å². The molecule has 0 spiro atoms. The smallest absolute Gasteiger partial charge is 0.469 e. The van der Waals surface area contributed by atoms with Crippen molar-refractivity contribution in [2.45, 2.75) is 230 Å². The molecule has 0 aromatic rings. The van der Waals surface area contributed by atoms with Crippen molar-refractivity contribution in [1.82, 2.24) is 0 Å². The molecule has 4 atom stereocenters. The number of phosphoric acid groups is 1. The Morgan fingerprint density at radius 2 is 1.16 bits per heavy atom. The standard InChI is InChI=1S/C50H90NO11PS/c1-3-5-7-9-11-13-15-17-18-19-20-21-22-23-24-25-27-29-31-33-35-40-49(55)60-41-44(42-61-63(57,58)59)62-50(56)45(51)43-64-47(46(52)37-36-39-48(53)54)38-34-32-30-28-26-16-14-12-10-8-6-4-2/h12,14,26,28,30,32,34,38,44-47,52H,3-11,13,15-25,27,29,31,33,35-37,39-43,51H2,1-2H3,(H,53,54)(H2,57,58,59)/b14-12-,28-26-,32-30+,38-34+/t44-,45+,46+,47-/m1/s1. The summed E-state index contributed by atoms with van der Waals surface area (Å²) >= 11 is 1.18. The maximum atomic E-state index is 13.0. The van der Waals surface area contributed by atoms with Gasteiger partial charge in [0.15, 0.2) is 6.10 Å². The number of unbranched alkanes of at least 4 members (excludes halogenated alkanes) is 23. The van der Waals surface area contributed by atoms with Crippen LogP contribution in [0.4, 0.5) is 0 Å². The predicted octanol–water partition coefficient (Wildman–Crippen LogP) is 12.4. The second kappa shape index (κ2) is 44.6. The van der Waals surface area contributed by atoms with Gasteiger partial charge in [0, 0.05) is 23.8 Å². The number of aliphatic hydroxyl groups excluding tert-OH is 1. The zero-order chi connectivity index (χ0) is 47.4. The Bertz CT molecular complexity index is 1300. The van der Waals surface area contributed by atoms with Crippen LogP contribution in [0.15, 0.2) is 48.6 Å². The molecule has 0 unspecified atom stereocenters. The number of carbonyl (C=O) groups is 3. The molecule has 14 heteroatoms. The fourth-order valence-corrected chi connectivity index (χ4v) is 8.46. The molecular formula is C50H90NO11PS. The first-order valence-corrected chi connectivity index (χ1v) is 27.5. The van der Waals surface area contributed by atoms with Crippen molar-refractivity contribution in [3.8, 4) is 0 Å². The molecule has 0 fully saturated rings. The first-order chi connectivity index (χ1) is 30.9. The number of nitrogens with two attached hydrogens (primary N) is 1. The number of rotatable bonds is 46. The molecule has 0 bridgehead atoms. The fourth-order valence-electron chi connectivity index (χ4n) is 6.98. The Kier molecular flexibility index (Phi) is 43.0. The summed E-state index contributed by atoms with van der Waals surface area (Å²) in [6.07, 6.45) is 45.9. The number of hydrogen-bond donors (Lipinski definition) is 5. The van der Waals surface area contributed by atoms with Crippen molar-refractivity contribution in [3.05, 3.63) is 48.6 Å². The Labute approximate surface area is 392 Å². The summed E-state index contributed by atoms with van der Waals surface area (Å²) in [6.45, 7) is 3.27. The van der Waals surface area contributed by atoms with Crippen LogP contribution in [0.5, 0.6) is 0 Å². The lowest BCUT2D eigenvalue weighted by atomic mass is 10.0. The number of allylic oxidation sites excluding steroid dienone is 7. The van der Waals surface area contributed by atoms with Gasteiger partial charge in [-0.25, -0.2) is 4.57 Å². The minimum atomic E-state index is -4.92. The lowest BCUT2D eigenvalue weighted by molar-refractivity contribution is -0.161. The monoisotopic (exact) mass is 944 g/mol. The van der Waals surface area contributed by atoms with Crippen LogP contribution < -0.4 is 5.73 Å². The number of esters is 2. The van der Waals surface area contributed by atoms with E-state index in [1.165, 1.54) is 140 Å². The van der Waals surface area contributed by atoms with Crippen LogP contribution >= 0.6 is 19.6 Å². The van der Waals surface area contributed by atoms with E-state index < -0.39 is 62.4 Å². The lowest BCUT2D eigenvalue weighted by Gasteiger charge is -2.23. The molecule has 6 N–H and O–H groups in total. The van der Waals surface area contributed by atoms with Gasteiger partial charge in [0.1, 0.15) is 12.6 Å². The molecule has 0 saturated carbocycles. The minimum absolute atomic E-state index is 0.00335. The maximum Gasteiger partial charge on any atom is 0.469 e. The largest absolute Gasteiger partial charge is 0.481 e. The first-order valence-electron chi connectivity index (χ1n) is 24.9. The molecule has 0 aliphatic heterocycles. The van der Waals surface area contributed by atoms with E-state index in [-0.39, 0.29) is 31.4 Å². The quantitative estimate of drug-likeness (QED) is 0.0127. The van der Waals surface area contributed by atoms with Crippen molar-refractivity contribution >= 4 is 37.5 Å². The number of carbonyl (C=O) groups excluding carboxylic acids is 2. The van der Waals surface area contributed by atoms with Crippen LogP contribution in [0.3, 0.4) is 0 Å². The van der Waals surface area contributed by atoms with E-state index in [2.05, 4.69) is 30.5 Å². The fraction of sp³-hybridized carbons (Fsp3) is 0.780. The topological polar surface area (TPSA) is 203 Å². The summed E-state index contributed by atoms with van der Waals surface area (Å²) in [5.74, 6) is -2.37. The number of ether oxygens (including phenoxy) is 2. The molecule has 0 aliphatic carbocycles. The van der Waals surface area contributed by atoms with Gasteiger partial charge < -0.3 is 35.2 Å². The van der Waals surface area contributed by atoms with Gasteiger partial charge in [-0.2, -0.15) is 0 Å². The Hall–Kier alpha value is -2.25. The van der Waals surface area contributed by atoms with Crippen LogP contribution in [-0.4, -0.2) is 80.4 Å². The molecule has 64 heavy (non-hydrogen) atoms. The van der Waals surface area contributed by atoms with Crippen molar-refractivity contribution in [2.75, 3.05) is 19.0 Å². The summed E-state index contributed by atoms with van der Waals surface area (Å²) in [5.41, 5.74) is 6.14. The van der Waals surface area contributed by atoms with Gasteiger partial charge in [-0.15, -0.1) is 11.8 Å². The van der Waals surface area contributed by atoms with E-state index >= 15 is 0 Å². The number of hydrogen-bond acceptors (Lipinski definition) is 10. The molecule has 0 aliphatic rings. The van der Waals surface area contributed by atoms with Crippen LogP contribution in [0.1, 0.15) is 206 Å². The van der Waals surface area contributed by atoms with E-state index in [1.54, 1.807) is 12.2 Å². The van der Waals surface area contributed by atoms with Gasteiger partial charge in [-0.3, -0.25) is 18.9 Å². The number of carboxylic acid groups (broad SMARTS) is 1. The molecule has 0 saturated heterocycles. The molecule has 372 valence electrons. The highest BCUT2D eigenvalue weighted by Crippen LogP contribution is 2.36. The molecule has 0 amide bonds. The third kappa shape index (κ3) is 43.6. The van der Waals surface area contributed by atoms with E-state index in [0.717, 1.165) is 32.1 Å². The minimum Gasteiger partial charge on any atom is -0.481 e. The number of aliphatic carboxylic acids is 1. The van der Waals surface area contributed by atoms with E-state index in [4.69, 9.17) is 20.3 Å². The predicted molar refractivity (Wildman–Crippen MR) is 263 cm³/mol. The van der Waals surface area contributed by atoms with Gasteiger partial charge in [0.05, 0.1) is 12.7 Å². The van der Waals surface area contributed by atoms with Crippen LogP contribution in [0.2, 0.25) is 0 Å². The molecule has 0 radical (unpaired) electrons. The maximum absolute atomic E-state index is 13.0. The first kappa shape index (κ1) is 61.8. The van der Waals surface area contributed by atoms with Gasteiger partial charge in [0.25, 0.3) is 0 Å². The highest BCUT2D eigenvalue weighted by Gasteiger charge is 2.27. The molecule has 0 rings (SSSR count). The van der Waals surface area contributed by atoms with Gasteiger partial charge >= 0.3 is 25.7 Å². The molecule has 12 nitrogen and oxygen atoms in total. The SMILES string of the molecule is CCCCC/C=C\C\C=C/C=C/C=C/[C@@H](SC[C@H](N)C(=O)O[C@H](COC(=O)CCCCCCCCCCCCCCCCCCCCCCC)COP(=O)(O)O)[C@@H](O)CCCC(=O)O. The zero-order valence-corrected chi connectivity index (χ0v) is 41.6. The molecule has 0 heterocycles. The molecule has 0 aromatic carbocycles. The van der Waals surface area contributed by atoms with Crippen LogP contribution in [0.25, 0.3) is 0 Å². The number of aliphatic hydroxyl groups is 1. The number of carboxylic acids is 1. The van der Waals surface area contributed by atoms with Crippen molar-refractivity contribution in [1.29, 1.82) is 0 Å². The Morgan fingerprint density at radius 3 is 1.69 bits per heavy atom. The summed E-state index contributed by atoms with van der Waals surface area (Å²) < 4.78 is 26.6. The van der Waals surface area contributed by atoms with Gasteiger partial charge in [-0.1, -0.05) is 204 Å². The second-order valence-electron chi connectivity index (χ2n) is 17.0. The summed E-state index contributed by atoms with van der Waals surface area (Å²) in [4.78, 5) is 55.0. The second-order valence-corrected chi connectivity index (χ2v) is 19.5. The summed E-state index contributed by atoms with van der Waals surface area (Å²) in [6, 6.07) is -1.20. The number of phosphoric ester groups is 1. The van der Waals surface area contributed by atoms with Crippen LogP contribution in [-0.2, 0) is 32.9 Å². The highest BCUT2D eigenvalue weighted by atomic mass is 32.2. The van der Waals surface area contributed by atoms with Crippen molar-refractivity contribution in [2.24, 2.45) is 5.73 Å². The molecular weight excluding hydrogens is 854 g/mol. The lowest BCUT2D eigenvalue weighted by Crippen LogP contribution is -2.40. The van der Waals surface area contributed by atoms with E-state index in [9.17, 15) is 33.8 Å². The van der Waals surface area contributed by atoms with Crippen molar-refractivity contribution < 1.29 is 52.9 Å².